The van der Waals surface area contributed by atoms with E-state index in [-0.39, 0.29) is 0 Å². The lowest BCUT2D eigenvalue weighted by Crippen LogP contribution is -2.37. The molecule has 0 amide bonds. The van der Waals surface area contributed by atoms with Gasteiger partial charge in [0, 0.05) is 44.9 Å². The SMILES string of the molecule is CCNC(=NCc1ccnc(-n2cccn2)c1)NCCCCOCC. The molecular formula is C18H28N6O. The van der Waals surface area contributed by atoms with Crippen LogP contribution in [0.5, 0.6) is 0 Å². The Morgan fingerprint density at radius 2 is 2.16 bits per heavy atom. The molecule has 0 saturated carbocycles. The molecule has 2 rings (SSSR count). The first kappa shape index (κ1) is 18.9. The summed E-state index contributed by atoms with van der Waals surface area (Å²) in [5.41, 5.74) is 1.09. The van der Waals surface area contributed by atoms with Crippen molar-refractivity contribution in [3.05, 3.63) is 42.4 Å². The number of rotatable bonds is 10. The van der Waals surface area contributed by atoms with Crippen molar-refractivity contribution < 1.29 is 4.74 Å². The molecule has 2 heterocycles. The van der Waals surface area contributed by atoms with Crippen LogP contribution >= 0.6 is 0 Å². The van der Waals surface area contributed by atoms with Crippen molar-refractivity contribution in [3.63, 3.8) is 0 Å². The quantitative estimate of drug-likeness (QED) is 0.392. The second kappa shape index (κ2) is 11.2. The summed E-state index contributed by atoms with van der Waals surface area (Å²) in [6, 6.07) is 5.86. The second-order valence-corrected chi connectivity index (χ2v) is 5.50. The number of unbranched alkanes of at least 4 members (excludes halogenated alkanes) is 1. The normalized spacial score (nSPS) is 11.5. The smallest absolute Gasteiger partial charge is 0.191 e. The van der Waals surface area contributed by atoms with E-state index in [1.807, 2.05) is 31.3 Å². The number of pyridine rings is 1. The highest BCUT2D eigenvalue weighted by Gasteiger charge is 2.01. The van der Waals surface area contributed by atoms with Crippen LogP contribution in [-0.4, -0.2) is 47.0 Å². The molecule has 136 valence electrons. The van der Waals surface area contributed by atoms with Crippen molar-refractivity contribution in [1.29, 1.82) is 0 Å². The van der Waals surface area contributed by atoms with Crippen LogP contribution in [0, 0.1) is 0 Å². The molecule has 2 aromatic rings. The minimum atomic E-state index is 0.588. The van der Waals surface area contributed by atoms with Gasteiger partial charge in [0.05, 0.1) is 6.54 Å². The van der Waals surface area contributed by atoms with Crippen LogP contribution in [0.1, 0.15) is 32.3 Å². The Labute approximate surface area is 149 Å². The standard InChI is InChI=1S/C18H28N6O/c1-3-19-18(21-9-5-6-13-25-4-2)22-15-16-8-11-20-17(14-16)24-12-7-10-23-24/h7-8,10-12,14H,3-6,9,13,15H2,1-2H3,(H2,19,21,22). The number of ether oxygens (including phenoxy) is 1. The van der Waals surface area contributed by atoms with Gasteiger partial charge in [-0.05, 0) is 50.5 Å². The highest BCUT2D eigenvalue weighted by atomic mass is 16.5. The van der Waals surface area contributed by atoms with Crippen molar-refractivity contribution in [2.24, 2.45) is 4.99 Å². The fourth-order valence-corrected chi connectivity index (χ4v) is 2.28. The molecule has 0 fully saturated rings. The molecule has 0 aliphatic heterocycles. The predicted octanol–water partition coefficient (Wildman–Crippen LogP) is 2.14. The topological polar surface area (TPSA) is 76.4 Å². The number of guanidine groups is 1. The van der Waals surface area contributed by atoms with Crippen LogP contribution < -0.4 is 10.6 Å². The Morgan fingerprint density at radius 1 is 1.24 bits per heavy atom. The van der Waals surface area contributed by atoms with E-state index in [9.17, 15) is 0 Å². The minimum absolute atomic E-state index is 0.588. The van der Waals surface area contributed by atoms with E-state index in [2.05, 4.69) is 32.6 Å². The van der Waals surface area contributed by atoms with E-state index in [1.54, 1.807) is 17.1 Å². The van der Waals surface area contributed by atoms with Gasteiger partial charge in [0.25, 0.3) is 0 Å². The zero-order chi connectivity index (χ0) is 17.7. The van der Waals surface area contributed by atoms with Gasteiger partial charge in [0.1, 0.15) is 0 Å². The Hall–Kier alpha value is -2.41. The number of hydrogen-bond acceptors (Lipinski definition) is 4. The van der Waals surface area contributed by atoms with Crippen molar-refractivity contribution in [2.45, 2.75) is 33.2 Å². The van der Waals surface area contributed by atoms with Gasteiger partial charge in [-0.2, -0.15) is 5.10 Å². The summed E-state index contributed by atoms with van der Waals surface area (Å²) in [5, 5.41) is 10.8. The molecule has 2 aromatic heterocycles. The van der Waals surface area contributed by atoms with Gasteiger partial charge in [-0.3, -0.25) is 0 Å². The average Bonchev–Trinajstić information content (AvgIpc) is 3.17. The summed E-state index contributed by atoms with van der Waals surface area (Å²) < 4.78 is 7.09. The van der Waals surface area contributed by atoms with Crippen LogP contribution in [0.2, 0.25) is 0 Å². The molecule has 0 atom stereocenters. The van der Waals surface area contributed by atoms with E-state index in [1.165, 1.54) is 0 Å². The average molecular weight is 344 g/mol. The Kier molecular flexibility index (Phi) is 8.48. The summed E-state index contributed by atoms with van der Waals surface area (Å²) in [6.45, 7) is 7.99. The number of nitrogens with zero attached hydrogens (tertiary/aromatic N) is 4. The molecule has 7 heteroatoms. The minimum Gasteiger partial charge on any atom is -0.382 e. The van der Waals surface area contributed by atoms with Gasteiger partial charge in [0.2, 0.25) is 0 Å². The Balaban J connectivity index is 1.86. The van der Waals surface area contributed by atoms with Crippen LogP contribution in [0.3, 0.4) is 0 Å². The third kappa shape index (κ3) is 6.93. The first-order chi connectivity index (χ1) is 12.3. The van der Waals surface area contributed by atoms with E-state index in [4.69, 9.17) is 4.74 Å². The first-order valence-electron chi connectivity index (χ1n) is 8.88. The Morgan fingerprint density at radius 3 is 2.92 bits per heavy atom. The highest BCUT2D eigenvalue weighted by Crippen LogP contribution is 2.07. The fourth-order valence-electron chi connectivity index (χ4n) is 2.28. The molecule has 0 saturated heterocycles. The first-order valence-corrected chi connectivity index (χ1v) is 8.88. The van der Waals surface area contributed by atoms with Gasteiger partial charge in [-0.1, -0.05) is 0 Å². The maximum atomic E-state index is 5.35. The molecule has 0 bridgehead atoms. The summed E-state index contributed by atoms with van der Waals surface area (Å²) in [6.07, 6.45) is 7.52. The maximum absolute atomic E-state index is 5.35. The molecule has 25 heavy (non-hydrogen) atoms. The van der Waals surface area contributed by atoms with Crippen molar-refractivity contribution in [3.8, 4) is 5.82 Å². The lowest BCUT2D eigenvalue weighted by molar-refractivity contribution is 0.143. The van der Waals surface area contributed by atoms with Crippen molar-refractivity contribution in [1.82, 2.24) is 25.4 Å². The molecule has 2 N–H and O–H groups in total. The number of aromatic nitrogens is 3. The van der Waals surface area contributed by atoms with Crippen LogP contribution in [0.15, 0.2) is 41.8 Å². The molecule has 0 aromatic carbocycles. The molecule has 0 unspecified atom stereocenters. The van der Waals surface area contributed by atoms with Gasteiger partial charge >= 0.3 is 0 Å². The molecular weight excluding hydrogens is 316 g/mol. The zero-order valence-corrected chi connectivity index (χ0v) is 15.1. The lowest BCUT2D eigenvalue weighted by Gasteiger charge is -2.11. The number of nitrogens with one attached hydrogen (secondary N) is 2. The molecule has 0 aliphatic rings. The zero-order valence-electron chi connectivity index (χ0n) is 15.1. The van der Waals surface area contributed by atoms with Gasteiger partial charge < -0.3 is 15.4 Å². The number of hydrogen-bond donors (Lipinski definition) is 2. The summed E-state index contributed by atoms with van der Waals surface area (Å²) in [4.78, 5) is 8.99. The summed E-state index contributed by atoms with van der Waals surface area (Å²) in [5.74, 6) is 1.63. The molecule has 7 nitrogen and oxygen atoms in total. The third-order valence-corrected chi connectivity index (χ3v) is 3.53. The van der Waals surface area contributed by atoms with Crippen molar-refractivity contribution in [2.75, 3.05) is 26.3 Å². The van der Waals surface area contributed by atoms with Gasteiger partial charge in [-0.15, -0.1) is 0 Å². The van der Waals surface area contributed by atoms with E-state index in [0.717, 1.165) is 56.5 Å². The lowest BCUT2D eigenvalue weighted by atomic mass is 10.2. The predicted molar refractivity (Wildman–Crippen MR) is 99.9 cm³/mol. The maximum Gasteiger partial charge on any atom is 0.191 e. The van der Waals surface area contributed by atoms with Crippen molar-refractivity contribution >= 4 is 5.96 Å². The fraction of sp³-hybridized carbons (Fsp3) is 0.500. The van der Waals surface area contributed by atoms with Crippen LogP contribution in [-0.2, 0) is 11.3 Å². The highest BCUT2D eigenvalue weighted by molar-refractivity contribution is 5.79. The largest absolute Gasteiger partial charge is 0.382 e. The van der Waals surface area contributed by atoms with Crippen LogP contribution in [0.4, 0.5) is 0 Å². The Bertz CT molecular complexity index is 626. The van der Waals surface area contributed by atoms with Gasteiger partial charge in [0.15, 0.2) is 11.8 Å². The second-order valence-electron chi connectivity index (χ2n) is 5.50. The molecule has 0 spiro atoms. The third-order valence-electron chi connectivity index (χ3n) is 3.53. The van der Waals surface area contributed by atoms with Crippen LogP contribution in [0.25, 0.3) is 5.82 Å². The van der Waals surface area contributed by atoms with E-state index in [0.29, 0.717) is 6.54 Å². The molecule has 0 radical (unpaired) electrons. The monoisotopic (exact) mass is 344 g/mol. The molecule has 0 aliphatic carbocycles. The van der Waals surface area contributed by atoms with Gasteiger partial charge in [-0.25, -0.2) is 14.7 Å². The van der Waals surface area contributed by atoms with E-state index >= 15 is 0 Å². The number of aliphatic imine (C=N–C) groups is 1. The summed E-state index contributed by atoms with van der Waals surface area (Å²) >= 11 is 0. The van der Waals surface area contributed by atoms with E-state index < -0.39 is 0 Å². The summed E-state index contributed by atoms with van der Waals surface area (Å²) in [7, 11) is 0.